The van der Waals surface area contributed by atoms with E-state index >= 15 is 0 Å². The van der Waals surface area contributed by atoms with Crippen LogP contribution in [0.15, 0.2) is 36.5 Å². The van der Waals surface area contributed by atoms with E-state index in [2.05, 4.69) is 16.4 Å². The number of nitriles is 1. The number of aromatic nitrogens is 1. The number of nitrogens with one attached hydrogen (secondary N) is 1. The first-order valence-electron chi connectivity index (χ1n) is 5.86. The van der Waals surface area contributed by atoms with Crippen LogP contribution in [0, 0.1) is 25.2 Å². The number of aryl methyl sites for hydroxylation is 2. The molecule has 0 fully saturated rings. The number of anilines is 1. The molecular weight excluding hydrogens is 222 g/mol. The van der Waals surface area contributed by atoms with Crippen LogP contribution in [0.2, 0.25) is 0 Å². The van der Waals surface area contributed by atoms with Crippen molar-refractivity contribution < 1.29 is 0 Å². The fourth-order valence-corrected chi connectivity index (χ4v) is 1.75. The monoisotopic (exact) mass is 237 g/mol. The molecule has 0 radical (unpaired) electrons. The number of pyridine rings is 1. The second-order valence-electron chi connectivity index (χ2n) is 4.29. The van der Waals surface area contributed by atoms with Gasteiger partial charge in [0.15, 0.2) is 0 Å². The Labute approximate surface area is 107 Å². The van der Waals surface area contributed by atoms with Crippen LogP contribution in [0.4, 0.5) is 5.69 Å². The van der Waals surface area contributed by atoms with Gasteiger partial charge in [0.25, 0.3) is 0 Å². The smallest absolute Gasteiger partial charge is 0.102 e. The van der Waals surface area contributed by atoms with Gasteiger partial charge in [-0.2, -0.15) is 5.26 Å². The molecule has 0 atom stereocenters. The highest BCUT2D eigenvalue weighted by Crippen LogP contribution is 2.18. The molecule has 1 aromatic heterocycles. The molecule has 0 saturated carbocycles. The molecule has 2 aromatic rings. The van der Waals surface area contributed by atoms with Crippen LogP contribution in [0.25, 0.3) is 0 Å². The van der Waals surface area contributed by atoms with Crippen molar-refractivity contribution in [2.24, 2.45) is 0 Å². The molecule has 3 nitrogen and oxygen atoms in total. The van der Waals surface area contributed by atoms with Crippen LogP contribution in [-0.4, -0.2) is 4.98 Å². The molecule has 1 aromatic carbocycles. The first-order valence-corrected chi connectivity index (χ1v) is 5.86. The van der Waals surface area contributed by atoms with Gasteiger partial charge in [-0.3, -0.25) is 4.98 Å². The second kappa shape index (κ2) is 5.33. The highest BCUT2D eigenvalue weighted by atomic mass is 14.9. The van der Waals surface area contributed by atoms with E-state index in [-0.39, 0.29) is 0 Å². The van der Waals surface area contributed by atoms with Crippen LogP contribution < -0.4 is 5.32 Å². The summed E-state index contributed by atoms with van der Waals surface area (Å²) in [6, 6.07) is 12.1. The molecule has 3 heteroatoms. The first-order chi connectivity index (χ1) is 8.70. The lowest BCUT2D eigenvalue weighted by Crippen LogP contribution is -2.03. The van der Waals surface area contributed by atoms with E-state index in [1.807, 2.05) is 50.4 Å². The average molecular weight is 237 g/mol. The van der Waals surface area contributed by atoms with E-state index < -0.39 is 0 Å². The largest absolute Gasteiger partial charge is 0.378 e. The van der Waals surface area contributed by atoms with Crippen molar-refractivity contribution in [2.75, 3.05) is 5.32 Å². The van der Waals surface area contributed by atoms with E-state index in [0.717, 1.165) is 22.5 Å². The molecule has 2 rings (SSSR count). The minimum Gasteiger partial charge on any atom is -0.378 e. The summed E-state index contributed by atoms with van der Waals surface area (Å²) >= 11 is 0. The summed E-state index contributed by atoms with van der Waals surface area (Å²) < 4.78 is 0. The fraction of sp³-hybridized carbons (Fsp3) is 0.200. The lowest BCUT2D eigenvalue weighted by Gasteiger charge is -2.09. The van der Waals surface area contributed by atoms with Crippen molar-refractivity contribution in [3.05, 3.63) is 58.9 Å². The van der Waals surface area contributed by atoms with Crippen LogP contribution in [0.5, 0.6) is 0 Å². The highest BCUT2D eigenvalue weighted by molar-refractivity contribution is 5.60. The molecule has 0 aliphatic carbocycles. The predicted molar refractivity (Wildman–Crippen MR) is 72.2 cm³/mol. The number of benzene rings is 1. The lowest BCUT2D eigenvalue weighted by atomic mass is 10.1. The third-order valence-electron chi connectivity index (χ3n) is 2.82. The Bertz CT molecular complexity index is 580. The van der Waals surface area contributed by atoms with E-state index in [9.17, 15) is 0 Å². The Morgan fingerprint density at radius 2 is 2.06 bits per heavy atom. The van der Waals surface area contributed by atoms with Gasteiger partial charge in [0.2, 0.25) is 0 Å². The Morgan fingerprint density at radius 3 is 2.72 bits per heavy atom. The Balaban J connectivity index is 2.14. The molecular formula is C15H15N3. The molecule has 0 spiro atoms. The number of nitrogens with zero attached hydrogens (tertiary/aromatic N) is 2. The summed E-state index contributed by atoms with van der Waals surface area (Å²) in [7, 11) is 0. The van der Waals surface area contributed by atoms with Crippen molar-refractivity contribution >= 4 is 5.69 Å². The third-order valence-corrected chi connectivity index (χ3v) is 2.82. The predicted octanol–water partition coefficient (Wildman–Crippen LogP) is 3.18. The molecule has 0 unspecified atom stereocenters. The molecule has 0 bridgehead atoms. The number of rotatable bonds is 3. The van der Waals surface area contributed by atoms with Gasteiger partial charge in [-0.05, 0) is 37.1 Å². The Kier molecular flexibility index (Phi) is 3.59. The lowest BCUT2D eigenvalue weighted by molar-refractivity contribution is 1.03. The normalized spacial score (nSPS) is 9.83. The van der Waals surface area contributed by atoms with E-state index in [1.165, 1.54) is 0 Å². The van der Waals surface area contributed by atoms with Gasteiger partial charge in [0, 0.05) is 6.20 Å². The number of hydrogen-bond donors (Lipinski definition) is 1. The molecule has 18 heavy (non-hydrogen) atoms. The maximum Gasteiger partial charge on any atom is 0.102 e. The van der Waals surface area contributed by atoms with Crippen molar-refractivity contribution in [2.45, 2.75) is 20.4 Å². The molecule has 1 N–H and O–H groups in total. The zero-order chi connectivity index (χ0) is 13.0. The minimum absolute atomic E-state index is 0.623. The van der Waals surface area contributed by atoms with Crippen LogP contribution >= 0.6 is 0 Å². The second-order valence-corrected chi connectivity index (χ2v) is 4.29. The van der Waals surface area contributed by atoms with E-state index in [0.29, 0.717) is 12.1 Å². The van der Waals surface area contributed by atoms with Crippen LogP contribution in [0.3, 0.4) is 0 Å². The van der Waals surface area contributed by atoms with Gasteiger partial charge in [0.05, 0.1) is 23.5 Å². The quantitative estimate of drug-likeness (QED) is 0.891. The maximum absolute atomic E-state index is 9.13. The van der Waals surface area contributed by atoms with Gasteiger partial charge in [0.1, 0.15) is 6.07 Å². The van der Waals surface area contributed by atoms with Gasteiger partial charge in [-0.25, -0.2) is 0 Å². The zero-order valence-electron chi connectivity index (χ0n) is 10.6. The van der Waals surface area contributed by atoms with Crippen molar-refractivity contribution in [1.29, 1.82) is 5.26 Å². The third kappa shape index (κ3) is 2.67. The summed E-state index contributed by atoms with van der Waals surface area (Å²) in [5, 5.41) is 12.4. The van der Waals surface area contributed by atoms with Gasteiger partial charge < -0.3 is 5.32 Å². The fourth-order valence-electron chi connectivity index (χ4n) is 1.75. The highest BCUT2D eigenvalue weighted by Gasteiger charge is 2.04. The average Bonchev–Trinajstić information content (AvgIpc) is 2.38. The van der Waals surface area contributed by atoms with Crippen molar-refractivity contribution in [3.8, 4) is 6.07 Å². The number of hydrogen-bond acceptors (Lipinski definition) is 3. The van der Waals surface area contributed by atoms with Crippen molar-refractivity contribution in [1.82, 2.24) is 4.98 Å². The summed E-state index contributed by atoms with van der Waals surface area (Å²) in [4.78, 5) is 4.33. The summed E-state index contributed by atoms with van der Waals surface area (Å²) in [6.45, 7) is 4.57. The molecule has 0 aliphatic heterocycles. The summed E-state index contributed by atoms with van der Waals surface area (Å²) in [6.07, 6.45) is 1.85. The summed E-state index contributed by atoms with van der Waals surface area (Å²) in [5.74, 6) is 0. The van der Waals surface area contributed by atoms with Crippen LogP contribution in [-0.2, 0) is 6.54 Å². The molecule has 1 heterocycles. The van der Waals surface area contributed by atoms with Crippen molar-refractivity contribution in [3.63, 3.8) is 0 Å². The Hall–Kier alpha value is -2.34. The van der Waals surface area contributed by atoms with E-state index in [4.69, 9.17) is 5.26 Å². The Morgan fingerprint density at radius 1 is 1.22 bits per heavy atom. The van der Waals surface area contributed by atoms with E-state index in [1.54, 1.807) is 0 Å². The van der Waals surface area contributed by atoms with Gasteiger partial charge in [-0.15, -0.1) is 0 Å². The first kappa shape index (κ1) is 12.1. The van der Waals surface area contributed by atoms with Crippen LogP contribution in [0.1, 0.15) is 22.4 Å². The SMILES string of the molecule is Cc1ccc(CNc2cccc(C)c2C#N)nc1. The van der Waals surface area contributed by atoms with Gasteiger partial charge >= 0.3 is 0 Å². The van der Waals surface area contributed by atoms with Gasteiger partial charge in [-0.1, -0.05) is 18.2 Å². The zero-order valence-corrected chi connectivity index (χ0v) is 10.6. The summed E-state index contributed by atoms with van der Waals surface area (Å²) in [5.41, 5.74) is 4.65. The maximum atomic E-state index is 9.13. The molecule has 0 aliphatic rings. The molecule has 0 saturated heterocycles. The molecule has 90 valence electrons. The minimum atomic E-state index is 0.623. The molecule has 0 amide bonds. The standard InChI is InChI=1S/C15H15N3/c1-11-6-7-13(17-9-11)10-18-15-5-3-4-12(2)14(15)8-16/h3-7,9,18H,10H2,1-2H3. The topological polar surface area (TPSA) is 48.7 Å².